The second kappa shape index (κ2) is 6.16. The maximum atomic E-state index is 4.53. The number of nitrogens with zero attached hydrogens (tertiary/aromatic N) is 3. The fourth-order valence-corrected chi connectivity index (χ4v) is 2.49. The quantitative estimate of drug-likeness (QED) is 0.576. The van der Waals surface area contributed by atoms with Crippen LogP contribution in [-0.4, -0.2) is 42.1 Å². The van der Waals surface area contributed by atoms with Crippen molar-refractivity contribution in [2.75, 3.05) is 27.2 Å². The SMILES string of the molecule is CN(C)CCNCc1ccnc2c1ccc1cccnc12. The zero-order chi connectivity index (χ0) is 14.7. The second-order valence-corrected chi connectivity index (χ2v) is 5.49. The van der Waals surface area contributed by atoms with Gasteiger partial charge in [0.2, 0.25) is 0 Å². The minimum absolute atomic E-state index is 0.852. The highest BCUT2D eigenvalue weighted by Gasteiger charge is 2.06. The van der Waals surface area contributed by atoms with E-state index in [0.29, 0.717) is 0 Å². The number of aromatic nitrogens is 2. The molecule has 0 aliphatic heterocycles. The molecule has 0 radical (unpaired) electrons. The highest BCUT2D eigenvalue weighted by atomic mass is 15.1. The molecular weight excluding hydrogens is 260 g/mol. The highest BCUT2D eigenvalue weighted by Crippen LogP contribution is 2.24. The Balaban J connectivity index is 1.91. The number of rotatable bonds is 5. The molecule has 2 heterocycles. The standard InChI is InChI=1S/C17H20N4/c1-21(2)11-10-18-12-14-7-9-20-17-15(14)6-5-13-4-3-8-19-16(13)17/h3-9,18H,10-12H2,1-2H3. The summed E-state index contributed by atoms with van der Waals surface area (Å²) in [6, 6.07) is 10.4. The van der Waals surface area contributed by atoms with E-state index in [2.05, 4.69) is 58.5 Å². The summed E-state index contributed by atoms with van der Waals surface area (Å²) in [5.74, 6) is 0. The molecule has 0 unspecified atom stereocenters. The van der Waals surface area contributed by atoms with Crippen molar-refractivity contribution < 1.29 is 0 Å². The van der Waals surface area contributed by atoms with Gasteiger partial charge in [0.25, 0.3) is 0 Å². The third-order valence-corrected chi connectivity index (χ3v) is 3.62. The first-order valence-corrected chi connectivity index (χ1v) is 7.22. The Labute approximate surface area is 124 Å². The average Bonchev–Trinajstić information content (AvgIpc) is 2.51. The van der Waals surface area contributed by atoms with E-state index in [1.165, 1.54) is 10.9 Å². The van der Waals surface area contributed by atoms with Crippen molar-refractivity contribution in [3.05, 3.63) is 48.3 Å². The number of hydrogen-bond donors (Lipinski definition) is 1. The molecule has 0 amide bonds. The van der Waals surface area contributed by atoms with E-state index in [4.69, 9.17) is 0 Å². The number of nitrogens with one attached hydrogen (secondary N) is 1. The molecular formula is C17H20N4. The van der Waals surface area contributed by atoms with Crippen molar-refractivity contribution in [2.24, 2.45) is 0 Å². The normalized spacial score (nSPS) is 11.6. The van der Waals surface area contributed by atoms with Crippen molar-refractivity contribution in [3.8, 4) is 0 Å². The molecule has 0 fully saturated rings. The summed E-state index contributed by atoms with van der Waals surface area (Å²) >= 11 is 0. The first-order valence-electron chi connectivity index (χ1n) is 7.22. The number of benzene rings is 1. The summed E-state index contributed by atoms with van der Waals surface area (Å²) in [5.41, 5.74) is 3.23. The molecule has 0 spiro atoms. The summed E-state index contributed by atoms with van der Waals surface area (Å²) in [7, 11) is 4.17. The van der Waals surface area contributed by atoms with Gasteiger partial charge in [0.15, 0.2) is 0 Å². The van der Waals surface area contributed by atoms with Gasteiger partial charge >= 0.3 is 0 Å². The molecule has 0 aliphatic carbocycles. The van der Waals surface area contributed by atoms with Gasteiger partial charge in [0, 0.05) is 42.8 Å². The lowest BCUT2D eigenvalue weighted by molar-refractivity contribution is 0.400. The van der Waals surface area contributed by atoms with Crippen molar-refractivity contribution in [1.29, 1.82) is 0 Å². The number of fused-ring (bicyclic) bond motifs is 3. The molecule has 21 heavy (non-hydrogen) atoms. The second-order valence-electron chi connectivity index (χ2n) is 5.49. The van der Waals surface area contributed by atoms with E-state index < -0.39 is 0 Å². The van der Waals surface area contributed by atoms with Gasteiger partial charge in [-0.25, -0.2) is 0 Å². The fourth-order valence-electron chi connectivity index (χ4n) is 2.49. The van der Waals surface area contributed by atoms with Gasteiger partial charge < -0.3 is 10.2 Å². The Bertz CT molecular complexity index is 752. The van der Waals surface area contributed by atoms with Crippen LogP contribution in [0.5, 0.6) is 0 Å². The summed E-state index contributed by atoms with van der Waals surface area (Å²) in [5, 5.41) is 5.80. The zero-order valence-corrected chi connectivity index (χ0v) is 12.5. The van der Waals surface area contributed by atoms with Gasteiger partial charge in [0.05, 0.1) is 11.0 Å². The van der Waals surface area contributed by atoms with Crippen molar-refractivity contribution in [1.82, 2.24) is 20.2 Å². The molecule has 0 aliphatic rings. The molecule has 0 atom stereocenters. The van der Waals surface area contributed by atoms with Crippen LogP contribution in [0.15, 0.2) is 42.7 Å². The average molecular weight is 280 g/mol. The predicted octanol–water partition coefficient (Wildman–Crippen LogP) is 2.43. The molecule has 3 rings (SSSR count). The van der Waals surface area contributed by atoms with Crippen LogP contribution in [0.25, 0.3) is 21.8 Å². The van der Waals surface area contributed by atoms with E-state index in [9.17, 15) is 0 Å². The van der Waals surface area contributed by atoms with Gasteiger partial charge in [-0.1, -0.05) is 18.2 Å². The maximum Gasteiger partial charge on any atom is 0.0967 e. The zero-order valence-electron chi connectivity index (χ0n) is 12.5. The van der Waals surface area contributed by atoms with E-state index in [0.717, 1.165) is 36.1 Å². The smallest absolute Gasteiger partial charge is 0.0967 e. The molecule has 108 valence electrons. The number of pyridine rings is 2. The van der Waals surface area contributed by atoms with Crippen molar-refractivity contribution in [2.45, 2.75) is 6.54 Å². The van der Waals surface area contributed by atoms with Gasteiger partial charge in [-0.2, -0.15) is 0 Å². The minimum Gasteiger partial charge on any atom is -0.311 e. The molecule has 1 N–H and O–H groups in total. The Morgan fingerprint density at radius 2 is 1.86 bits per heavy atom. The van der Waals surface area contributed by atoms with Crippen LogP contribution in [-0.2, 0) is 6.54 Å². The van der Waals surface area contributed by atoms with E-state index in [1.54, 1.807) is 0 Å². The van der Waals surface area contributed by atoms with Crippen LogP contribution in [0, 0.1) is 0 Å². The lowest BCUT2D eigenvalue weighted by Crippen LogP contribution is -2.26. The molecule has 3 aromatic rings. The van der Waals surface area contributed by atoms with Crippen LogP contribution in [0.3, 0.4) is 0 Å². The van der Waals surface area contributed by atoms with Crippen molar-refractivity contribution in [3.63, 3.8) is 0 Å². The van der Waals surface area contributed by atoms with E-state index >= 15 is 0 Å². The van der Waals surface area contributed by atoms with Crippen LogP contribution in [0.1, 0.15) is 5.56 Å². The van der Waals surface area contributed by atoms with E-state index in [-0.39, 0.29) is 0 Å². The Kier molecular flexibility index (Phi) is 4.08. The maximum absolute atomic E-state index is 4.53. The monoisotopic (exact) mass is 280 g/mol. The van der Waals surface area contributed by atoms with Gasteiger partial charge in [0.1, 0.15) is 0 Å². The lowest BCUT2D eigenvalue weighted by atomic mass is 10.1. The summed E-state index contributed by atoms with van der Waals surface area (Å²) in [6.45, 7) is 2.86. The topological polar surface area (TPSA) is 41.0 Å². The minimum atomic E-state index is 0.852. The molecule has 0 saturated heterocycles. The largest absolute Gasteiger partial charge is 0.311 e. The molecule has 4 nitrogen and oxygen atoms in total. The lowest BCUT2D eigenvalue weighted by Gasteiger charge is -2.12. The Hall–Kier alpha value is -2.04. The predicted molar refractivity (Wildman–Crippen MR) is 87.3 cm³/mol. The van der Waals surface area contributed by atoms with Gasteiger partial charge in [-0.15, -0.1) is 0 Å². The van der Waals surface area contributed by atoms with Crippen LogP contribution in [0.4, 0.5) is 0 Å². The molecule has 4 heteroatoms. The Morgan fingerprint density at radius 3 is 2.71 bits per heavy atom. The Morgan fingerprint density at radius 1 is 1.00 bits per heavy atom. The summed E-state index contributed by atoms with van der Waals surface area (Å²) in [4.78, 5) is 11.2. The van der Waals surface area contributed by atoms with Gasteiger partial charge in [-0.05, 0) is 31.8 Å². The van der Waals surface area contributed by atoms with E-state index in [1.807, 2.05) is 18.5 Å². The molecule has 1 aromatic carbocycles. The first-order chi connectivity index (χ1) is 10.3. The first kappa shape index (κ1) is 13.9. The third-order valence-electron chi connectivity index (χ3n) is 3.62. The van der Waals surface area contributed by atoms with Crippen molar-refractivity contribution >= 4 is 21.8 Å². The summed E-state index contributed by atoms with van der Waals surface area (Å²) < 4.78 is 0. The fraction of sp³-hybridized carbons (Fsp3) is 0.294. The van der Waals surface area contributed by atoms with Crippen LogP contribution in [0.2, 0.25) is 0 Å². The number of likely N-dealkylation sites (N-methyl/N-ethyl adjacent to an activating group) is 1. The van der Waals surface area contributed by atoms with Crippen LogP contribution >= 0.6 is 0 Å². The molecule has 2 aromatic heterocycles. The summed E-state index contributed by atoms with van der Waals surface area (Å²) in [6.07, 6.45) is 3.70. The number of hydrogen-bond acceptors (Lipinski definition) is 4. The molecule has 0 saturated carbocycles. The third kappa shape index (κ3) is 3.01. The van der Waals surface area contributed by atoms with Gasteiger partial charge in [-0.3, -0.25) is 9.97 Å². The van der Waals surface area contributed by atoms with Crippen LogP contribution < -0.4 is 5.32 Å². The molecule has 0 bridgehead atoms. The highest BCUT2D eigenvalue weighted by molar-refractivity contribution is 6.03.